The van der Waals surface area contributed by atoms with E-state index in [1.54, 1.807) is 0 Å². The Labute approximate surface area is 61.8 Å². The highest BCUT2D eigenvalue weighted by molar-refractivity contribution is 4.83. The molecule has 2 heterocycles. The molecule has 2 aliphatic heterocycles. The smallest absolute Gasteiger partial charge is 0.0592 e. The molecule has 2 aliphatic rings. The van der Waals surface area contributed by atoms with Crippen molar-refractivity contribution in [2.24, 2.45) is 5.92 Å². The predicted molar refractivity (Wildman–Crippen MR) is 39.8 cm³/mol. The molecule has 0 aromatic rings. The minimum Gasteiger partial charge on any atom is -0.393 e. The van der Waals surface area contributed by atoms with Gasteiger partial charge in [-0.2, -0.15) is 0 Å². The second kappa shape index (κ2) is 2.51. The van der Waals surface area contributed by atoms with Crippen LogP contribution >= 0.6 is 0 Å². The largest absolute Gasteiger partial charge is 0.393 e. The van der Waals surface area contributed by atoms with Crippen LogP contribution in [0, 0.1) is 5.92 Å². The first-order valence-electron chi connectivity index (χ1n) is 4.26. The Balaban J connectivity index is 2.00. The molecule has 2 nitrogen and oxygen atoms in total. The minimum atomic E-state index is 0.0107. The fraction of sp³-hybridized carbons (Fsp3) is 1.00. The summed E-state index contributed by atoms with van der Waals surface area (Å²) in [5.41, 5.74) is 0. The van der Waals surface area contributed by atoms with E-state index in [4.69, 9.17) is 0 Å². The molecule has 2 fully saturated rings. The first kappa shape index (κ1) is 6.62. The number of hydrogen-bond acceptors (Lipinski definition) is 2. The Hall–Kier alpha value is -0.0800. The molecule has 0 radical (unpaired) electrons. The summed E-state index contributed by atoms with van der Waals surface area (Å²) in [5.74, 6) is 0.600. The second-order valence-electron chi connectivity index (χ2n) is 3.56. The molecule has 0 saturated carbocycles. The van der Waals surface area contributed by atoms with E-state index < -0.39 is 0 Å². The summed E-state index contributed by atoms with van der Waals surface area (Å²) in [7, 11) is 0. The molecule has 2 saturated heterocycles. The van der Waals surface area contributed by atoms with Crippen molar-refractivity contribution >= 4 is 0 Å². The average molecular weight is 141 g/mol. The van der Waals surface area contributed by atoms with Crippen molar-refractivity contribution in [1.82, 2.24) is 4.90 Å². The summed E-state index contributed by atoms with van der Waals surface area (Å²) in [4.78, 5) is 2.47. The van der Waals surface area contributed by atoms with E-state index in [2.05, 4.69) is 4.90 Å². The summed E-state index contributed by atoms with van der Waals surface area (Å²) in [6.07, 6.45) is 3.56. The van der Waals surface area contributed by atoms with Crippen molar-refractivity contribution in [2.75, 3.05) is 19.6 Å². The number of nitrogens with zero attached hydrogens (tertiary/aromatic N) is 1. The molecule has 0 aromatic heterocycles. The Morgan fingerprint density at radius 2 is 2.10 bits per heavy atom. The topological polar surface area (TPSA) is 23.5 Å². The molecule has 2 unspecified atom stereocenters. The third-order valence-corrected chi connectivity index (χ3v) is 2.83. The summed E-state index contributed by atoms with van der Waals surface area (Å²) in [6.45, 7) is 3.54. The molecule has 10 heavy (non-hydrogen) atoms. The zero-order chi connectivity index (χ0) is 6.97. The van der Waals surface area contributed by atoms with Crippen LogP contribution in [0.1, 0.15) is 19.3 Å². The van der Waals surface area contributed by atoms with Gasteiger partial charge in [0.15, 0.2) is 0 Å². The molecule has 2 bridgehead atoms. The third-order valence-electron chi connectivity index (χ3n) is 2.83. The van der Waals surface area contributed by atoms with Crippen LogP contribution in [0.2, 0.25) is 0 Å². The number of piperidine rings is 2. The predicted octanol–water partition coefficient (Wildman–Crippen LogP) is 0.463. The lowest BCUT2D eigenvalue weighted by atomic mass is 9.87. The van der Waals surface area contributed by atoms with E-state index >= 15 is 0 Å². The first-order chi connectivity index (χ1) is 4.86. The third kappa shape index (κ3) is 1.06. The molecule has 3 atom stereocenters. The van der Waals surface area contributed by atoms with Crippen molar-refractivity contribution in [2.45, 2.75) is 25.4 Å². The van der Waals surface area contributed by atoms with E-state index in [1.165, 1.54) is 19.4 Å². The minimum absolute atomic E-state index is 0.0107. The average Bonchev–Trinajstić information content (AvgIpc) is 1.99. The SMILES string of the molecule is OC1CCN2CCC[C@H]1C2. The van der Waals surface area contributed by atoms with E-state index in [1.807, 2.05) is 0 Å². The Morgan fingerprint density at radius 1 is 1.20 bits per heavy atom. The maximum absolute atomic E-state index is 9.49. The van der Waals surface area contributed by atoms with Crippen LogP contribution in [-0.4, -0.2) is 35.7 Å². The lowest BCUT2D eigenvalue weighted by Crippen LogP contribution is -2.46. The van der Waals surface area contributed by atoms with Crippen molar-refractivity contribution in [3.8, 4) is 0 Å². The maximum atomic E-state index is 9.49. The summed E-state index contributed by atoms with van der Waals surface area (Å²) in [5, 5.41) is 9.49. The number of rotatable bonds is 0. The van der Waals surface area contributed by atoms with Crippen LogP contribution in [0.4, 0.5) is 0 Å². The van der Waals surface area contributed by atoms with Crippen LogP contribution in [0.25, 0.3) is 0 Å². The van der Waals surface area contributed by atoms with Gasteiger partial charge in [0.1, 0.15) is 0 Å². The van der Waals surface area contributed by atoms with E-state index in [0.717, 1.165) is 19.5 Å². The number of fused-ring (bicyclic) bond motifs is 2. The fourth-order valence-corrected chi connectivity index (χ4v) is 2.16. The van der Waals surface area contributed by atoms with Gasteiger partial charge in [0, 0.05) is 13.1 Å². The van der Waals surface area contributed by atoms with Crippen LogP contribution in [0.15, 0.2) is 0 Å². The Kier molecular flexibility index (Phi) is 1.66. The van der Waals surface area contributed by atoms with E-state index in [-0.39, 0.29) is 6.10 Å². The van der Waals surface area contributed by atoms with E-state index in [9.17, 15) is 5.11 Å². The summed E-state index contributed by atoms with van der Waals surface area (Å²) >= 11 is 0. The lowest BCUT2D eigenvalue weighted by molar-refractivity contribution is 0.000185. The molecule has 0 spiro atoms. The van der Waals surface area contributed by atoms with Gasteiger partial charge in [-0.25, -0.2) is 0 Å². The lowest BCUT2D eigenvalue weighted by Gasteiger charge is -2.40. The van der Waals surface area contributed by atoms with E-state index in [0.29, 0.717) is 5.92 Å². The van der Waals surface area contributed by atoms with Gasteiger partial charge in [-0.1, -0.05) is 0 Å². The Bertz CT molecular complexity index is 124. The monoisotopic (exact) mass is 141 g/mol. The summed E-state index contributed by atoms with van der Waals surface area (Å²) < 4.78 is 0. The zero-order valence-corrected chi connectivity index (χ0v) is 6.29. The van der Waals surface area contributed by atoms with Gasteiger partial charge in [0.2, 0.25) is 0 Å². The van der Waals surface area contributed by atoms with Crippen LogP contribution in [-0.2, 0) is 0 Å². The molecular weight excluding hydrogens is 126 g/mol. The highest BCUT2D eigenvalue weighted by Crippen LogP contribution is 2.25. The highest BCUT2D eigenvalue weighted by atomic mass is 16.3. The quantitative estimate of drug-likeness (QED) is 0.530. The number of aliphatic hydroxyl groups is 1. The molecule has 0 amide bonds. The van der Waals surface area contributed by atoms with Gasteiger partial charge in [-0.3, -0.25) is 0 Å². The highest BCUT2D eigenvalue weighted by Gasteiger charge is 2.30. The number of hydrogen-bond donors (Lipinski definition) is 1. The molecule has 2 rings (SSSR count). The van der Waals surface area contributed by atoms with Gasteiger partial charge < -0.3 is 10.0 Å². The Morgan fingerprint density at radius 3 is 2.90 bits per heavy atom. The van der Waals surface area contributed by atoms with Crippen LogP contribution in [0.5, 0.6) is 0 Å². The second-order valence-corrected chi connectivity index (χ2v) is 3.56. The van der Waals surface area contributed by atoms with Gasteiger partial charge in [0.25, 0.3) is 0 Å². The van der Waals surface area contributed by atoms with Crippen molar-refractivity contribution in [3.63, 3.8) is 0 Å². The number of aliphatic hydroxyl groups excluding tert-OH is 1. The standard InChI is InChI=1S/C8H15NO/c10-8-3-5-9-4-1-2-7(8)6-9/h7-8,10H,1-6H2/t7-,8?/m0/s1. The molecular formula is C8H15NO. The van der Waals surface area contributed by atoms with Crippen LogP contribution < -0.4 is 0 Å². The fourth-order valence-electron chi connectivity index (χ4n) is 2.16. The van der Waals surface area contributed by atoms with Gasteiger partial charge in [0.05, 0.1) is 6.10 Å². The van der Waals surface area contributed by atoms with Crippen molar-refractivity contribution in [1.29, 1.82) is 0 Å². The van der Waals surface area contributed by atoms with Gasteiger partial charge in [-0.05, 0) is 31.7 Å². The molecule has 0 aliphatic carbocycles. The normalized spacial score (nSPS) is 47.1. The first-order valence-corrected chi connectivity index (χ1v) is 4.26. The van der Waals surface area contributed by atoms with Crippen molar-refractivity contribution < 1.29 is 5.11 Å². The molecule has 58 valence electrons. The molecule has 2 heteroatoms. The molecule has 0 aromatic carbocycles. The van der Waals surface area contributed by atoms with Gasteiger partial charge >= 0.3 is 0 Å². The summed E-state index contributed by atoms with van der Waals surface area (Å²) in [6, 6.07) is 0. The molecule has 1 N–H and O–H groups in total. The maximum Gasteiger partial charge on any atom is 0.0592 e. The van der Waals surface area contributed by atoms with Gasteiger partial charge in [-0.15, -0.1) is 0 Å². The van der Waals surface area contributed by atoms with Crippen molar-refractivity contribution in [3.05, 3.63) is 0 Å². The zero-order valence-electron chi connectivity index (χ0n) is 6.29. The van der Waals surface area contributed by atoms with Crippen LogP contribution in [0.3, 0.4) is 0 Å².